The van der Waals surface area contributed by atoms with E-state index in [1.54, 1.807) is 13.2 Å². The van der Waals surface area contributed by atoms with Gasteiger partial charge in [0.2, 0.25) is 11.0 Å². The van der Waals surface area contributed by atoms with Crippen LogP contribution in [0.25, 0.3) is 6.08 Å². The van der Waals surface area contributed by atoms with Gasteiger partial charge in [-0.3, -0.25) is 10.1 Å². The molecule has 1 amide bonds. The minimum atomic E-state index is -0.254. The summed E-state index contributed by atoms with van der Waals surface area (Å²) in [7, 11) is 1.60. The van der Waals surface area contributed by atoms with Crippen molar-refractivity contribution in [1.82, 2.24) is 10.2 Å². The van der Waals surface area contributed by atoms with Crippen molar-refractivity contribution >= 4 is 28.5 Å². The van der Waals surface area contributed by atoms with Gasteiger partial charge in [-0.15, -0.1) is 10.2 Å². The summed E-state index contributed by atoms with van der Waals surface area (Å²) in [4.78, 5) is 12.3. The first-order valence-electron chi connectivity index (χ1n) is 10.3. The van der Waals surface area contributed by atoms with Gasteiger partial charge in [-0.05, 0) is 42.2 Å². The SMILES string of the molecule is CCC(CC)c1nnc(NC(=O)/C=C/c2ccc(OCc3ccccc3)c(OC)c2)s1. The van der Waals surface area contributed by atoms with Crippen molar-refractivity contribution in [2.75, 3.05) is 12.4 Å². The van der Waals surface area contributed by atoms with Crippen LogP contribution in [0.1, 0.15) is 48.7 Å². The molecular weight excluding hydrogens is 410 g/mol. The number of nitrogens with zero attached hydrogens (tertiary/aromatic N) is 2. The highest BCUT2D eigenvalue weighted by atomic mass is 32.1. The Labute approximate surface area is 186 Å². The van der Waals surface area contributed by atoms with Crippen molar-refractivity contribution in [3.8, 4) is 11.5 Å². The summed E-state index contributed by atoms with van der Waals surface area (Å²) in [5, 5.41) is 12.5. The number of carbonyl (C=O) groups is 1. The van der Waals surface area contributed by atoms with Crippen LogP contribution >= 0.6 is 11.3 Å². The highest BCUT2D eigenvalue weighted by Gasteiger charge is 2.14. The first-order valence-corrected chi connectivity index (χ1v) is 11.1. The molecule has 0 bridgehead atoms. The van der Waals surface area contributed by atoms with E-state index in [0.29, 0.717) is 29.2 Å². The molecule has 1 N–H and O–H groups in total. The molecule has 7 heteroatoms. The van der Waals surface area contributed by atoms with Crippen molar-refractivity contribution in [1.29, 1.82) is 0 Å². The summed E-state index contributed by atoms with van der Waals surface area (Å²) in [6, 6.07) is 15.5. The first kappa shape index (κ1) is 22.5. The molecule has 2 aromatic carbocycles. The standard InChI is InChI=1S/C24H27N3O3S/c1-4-19(5-2)23-26-27-24(31-23)25-22(28)14-12-17-11-13-20(21(15-17)29-3)30-16-18-9-7-6-8-10-18/h6-15,19H,4-5,16H2,1-3H3,(H,25,27,28)/b14-12+. The lowest BCUT2D eigenvalue weighted by Gasteiger charge is -2.11. The number of methoxy groups -OCH3 is 1. The lowest BCUT2D eigenvalue weighted by Crippen LogP contribution is -2.07. The van der Waals surface area contributed by atoms with E-state index < -0.39 is 0 Å². The van der Waals surface area contributed by atoms with Gasteiger partial charge in [0.25, 0.3) is 0 Å². The van der Waals surface area contributed by atoms with Crippen molar-refractivity contribution < 1.29 is 14.3 Å². The number of hydrogen-bond donors (Lipinski definition) is 1. The Morgan fingerprint density at radius 2 is 1.87 bits per heavy atom. The van der Waals surface area contributed by atoms with Crippen LogP contribution in [-0.2, 0) is 11.4 Å². The smallest absolute Gasteiger partial charge is 0.250 e. The molecule has 0 aliphatic heterocycles. The summed E-state index contributed by atoms with van der Waals surface area (Å²) in [6.07, 6.45) is 5.21. The maximum absolute atomic E-state index is 12.3. The van der Waals surface area contributed by atoms with E-state index in [1.165, 1.54) is 17.4 Å². The zero-order valence-corrected chi connectivity index (χ0v) is 18.8. The predicted molar refractivity (Wildman–Crippen MR) is 125 cm³/mol. The predicted octanol–water partition coefficient (Wildman–Crippen LogP) is 5.68. The summed E-state index contributed by atoms with van der Waals surface area (Å²) in [5.41, 5.74) is 1.91. The lowest BCUT2D eigenvalue weighted by molar-refractivity contribution is -0.111. The van der Waals surface area contributed by atoms with Gasteiger partial charge in [0.1, 0.15) is 11.6 Å². The largest absolute Gasteiger partial charge is 0.493 e. The van der Waals surface area contributed by atoms with Gasteiger partial charge < -0.3 is 9.47 Å². The second kappa shape index (κ2) is 11.3. The first-order chi connectivity index (χ1) is 15.1. The Kier molecular flexibility index (Phi) is 8.18. The minimum Gasteiger partial charge on any atom is -0.493 e. The van der Waals surface area contributed by atoms with Crippen molar-refractivity contribution in [3.05, 3.63) is 70.7 Å². The number of benzene rings is 2. The maximum Gasteiger partial charge on any atom is 0.250 e. The third kappa shape index (κ3) is 6.39. The Bertz CT molecular complexity index is 1010. The molecule has 0 unspecified atom stereocenters. The van der Waals surface area contributed by atoms with Gasteiger partial charge in [-0.1, -0.05) is 61.6 Å². The zero-order valence-electron chi connectivity index (χ0n) is 18.0. The normalized spacial score (nSPS) is 11.1. The number of aromatic nitrogens is 2. The van der Waals surface area contributed by atoms with Gasteiger partial charge in [0, 0.05) is 12.0 Å². The zero-order chi connectivity index (χ0) is 22.1. The number of carbonyl (C=O) groups excluding carboxylic acids is 1. The number of ether oxygens (including phenoxy) is 2. The molecule has 31 heavy (non-hydrogen) atoms. The van der Waals surface area contributed by atoms with Crippen LogP contribution in [-0.4, -0.2) is 23.2 Å². The Balaban J connectivity index is 1.60. The molecule has 0 atom stereocenters. The van der Waals surface area contributed by atoms with Crippen molar-refractivity contribution in [3.63, 3.8) is 0 Å². The van der Waals surface area contributed by atoms with E-state index in [2.05, 4.69) is 29.4 Å². The van der Waals surface area contributed by atoms with E-state index in [0.717, 1.165) is 29.0 Å². The van der Waals surface area contributed by atoms with E-state index in [9.17, 15) is 4.79 Å². The monoisotopic (exact) mass is 437 g/mol. The number of anilines is 1. The molecule has 0 fully saturated rings. The average molecular weight is 438 g/mol. The van der Waals surface area contributed by atoms with Crippen molar-refractivity contribution in [2.45, 2.75) is 39.2 Å². The fourth-order valence-corrected chi connectivity index (χ4v) is 4.06. The molecule has 3 aromatic rings. The van der Waals surface area contributed by atoms with Gasteiger partial charge >= 0.3 is 0 Å². The highest BCUT2D eigenvalue weighted by molar-refractivity contribution is 7.15. The van der Waals surface area contributed by atoms with E-state index >= 15 is 0 Å². The highest BCUT2D eigenvalue weighted by Crippen LogP contribution is 2.30. The molecule has 162 valence electrons. The van der Waals surface area contributed by atoms with Gasteiger partial charge in [0.05, 0.1) is 7.11 Å². The van der Waals surface area contributed by atoms with Crippen LogP contribution in [0, 0.1) is 0 Å². The molecule has 0 saturated carbocycles. The van der Waals surface area contributed by atoms with Crippen LogP contribution < -0.4 is 14.8 Å². The molecule has 6 nitrogen and oxygen atoms in total. The third-order valence-corrected chi connectivity index (χ3v) is 5.86. The molecular formula is C24H27N3O3S. The maximum atomic E-state index is 12.3. The number of rotatable bonds is 10. The van der Waals surface area contributed by atoms with Crippen LogP contribution in [0.3, 0.4) is 0 Å². The van der Waals surface area contributed by atoms with E-state index in [4.69, 9.17) is 9.47 Å². The summed E-state index contributed by atoms with van der Waals surface area (Å²) >= 11 is 1.43. The Morgan fingerprint density at radius 1 is 1.10 bits per heavy atom. The summed E-state index contributed by atoms with van der Waals surface area (Å²) < 4.78 is 11.3. The summed E-state index contributed by atoms with van der Waals surface area (Å²) in [5.74, 6) is 1.39. The second-order valence-electron chi connectivity index (χ2n) is 6.97. The fraction of sp³-hybridized carbons (Fsp3) is 0.292. The third-order valence-electron chi connectivity index (χ3n) is 4.86. The van der Waals surface area contributed by atoms with Gasteiger partial charge in [-0.2, -0.15) is 0 Å². The molecule has 1 aromatic heterocycles. The second-order valence-corrected chi connectivity index (χ2v) is 7.98. The summed E-state index contributed by atoms with van der Waals surface area (Å²) in [6.45, 7) is 4.71. The quantitative estimate of drug-likeness (QED) is 0.413. The molecule has 0 saturated heterocycles. The Morgan fingerprint density at radius 3 is 2.58 bits per heavy atom. The van der Waals surface area contributed by atoms with Crippen LogP contribution in [0.2, 0.25) is 0 Å². The number of nitrogens with one attached hydrogen (secondary N) is 1. The topological polar surface area (TPSA) is 73.3 Å². The van der Waals surface area contributed by atoms with Crippen LogP contribution in [0.4, 0.5) is 5.13 Å². The lowest BCUT2D eigenvalue weighted by atomic mass is 10.1. The Hall–Kier alpha value is -3.19. The van der Waals surface area contributed by atoms with Crippen LogP contribution in [0.15, 0.2) is 54.6 Å². The van der Waals surface area contributed by atoms with Crippen molar-refractivity contribution in [2.24, 2.45) is 0 Å². The molecule has 0 aliphatic rings. The minimum absolute atomic E-state index is 0.254. The van der Waals surface area contributed by atoms with Gasteiger partial charge in [0.15, 0.2) is 11.5 Å². The van der Waals surface area contributed by atoms with Gasteiger partial charge in [-0.25, -0.2) is 0 Å². The average Bonchev–Trinajstić information content (AvgIpc) is 3.26. The van der Waals surface area contributed by atoms with E-state index in [-0.39, 0.29) is 5.91 Å². The molecule has 0 spiro atoms. The van der Waals surface area contributed by atoms with E-state index in [1.807, 2.05) is 48.5 Å². The van der Waals surface area contributed by atoms with Crippen LogP contribution in [0.5, 0.6) is 11.5 Å². The molecule has 0 radical (unpaired) electrons. The number of amides is 1. The molecule has 1 heterocycles. The molecule has 0 aliphatic carbocycles. The molecule has 3 rings (SSSR count). The fourth-order valence-electron chi connectivity index (χ4n) is 3.05. The number of hydrogen-bond acceptors (Lipinski definition) is 6.